The Morgan fingerprint density at radius 2 is 1.57 bits per heavy atom. The number of amides is 1. The Bertz CT molecular complexity index is 1910. The average Bonchev–Trinajstić information content (AvgIpc) is 3.05. The summed E-state index contributed by atoms with van der Waals surface area (Å²) in [6.07, 6.45) is 1.11. The molecule has 0 bridgehead atoms. The molecule has 0 saturated carbocycles. The van der Waals surface area contributed by atoms with Gasteiger partial charge in [-0.1, -0.05) is 67.1 Å². The fraction of sp³-hybridized carbons (Fsp3) is 0.306. The molecule has 1 fully saturated rings. The topological polar surface area (TPSA) is 103 Å². The summed E-state index contributed by atoms with van der Waals surface area (Å²) in [7, 11) is -0.462. The van der Waals surface area contributed by atoms with Crippen molar-refractivity contribution in [3.8, 4) is 6.07 Å². The number of pyridine rings is 1. The SMILES string of the molecule is CC(=O)N1CCN(Cc2ccc(C)n(C(c3ccc(P)cc3)C(C)c3ccc(Cl)cc3)c2=O)CC1.CS(=O)(=O)c1cccc(C#N)c1. The largest absolute Gasteiger partial charge is 0.340 e. The highest BCUT2D eigenvalue weighted by molar-refractivity contribution is 7.90. The van der Waals surface area contributed by atoms with Crippen molar-refractivity contribution in [2.45, 2.75) is 44.2 Å². The molecule has 1 amide bonds. The molecule has 3 unspecified atom stereocenters. The molecule has 246 valence electrons. The van der Waals surface area contributed by atoms with Crippen molar-refractivity contribution in [1.29, 1.82) is 5.26 Å². The number of hydrogen-bond acceptors (Lipinski definition) is 6. The summed E-state index contributed by atoms with van der Waals surface area (Å²) in [4.78, 5) is 29.9. The minimum absolute atomic E-state index is 0.0414. The normalized spacial score (nSPS) is 14.8. The van der Waals surface area contributed by atoms with E-state index >= 15 is 0 Å². The number of halogens is 1. The third-order valence-electron chi connectivity index (χ3n) is 8.43. The maximum Gasteiger partial charge on any atom is 0.255 e. The van der Waals surface area contributed by atoms with Crippen LogP contribution in [0.5, 0.6) is 0 Å². The summed E-state index contributed by atoms with van der Waals surface area (Å²) in [6.45, 7) is 9.31. The van der Waals surface area contributed by atoms with Crippen molar-refractivity contribution in [2.75, 3.05) is 32.4 Å². The van der Waals surface area contributed by atoms with Gasteiger partial charge in [0.15, 0.2) is 9.84 Å². The van der Waals surface area contributed by atoms with E-state index in [2.05, 4.69) is 45.3 Å². The Balaban J connectivity index is 0.000000351. The molecule has 47 heavy (non-hydrogen) atoms. The zero-order valence-corrected chi connectivity index (χ0v) is 29.8. The number of carbonyl (C=O) groups is 1. The number of nitrogens with zero attached hydrogens (tertiary/aromatic N) is 4. The number of piperazine rings is 1. The van der Waals surface area contributed by atoms with E-state index in [0.29, 0.717) is 30.2 Å². The number of rotatable bonds is 7. The first-order chi connectivity index (χ1) is 22.3. The third-order valence-corrected chi connectivity index (χ3v) is 10.2. The van der Waals surface area contributed by atoms with Crippen molar-refractivity contribution in [3.63, 3.8) is 0 Å². The van der Waals surface area contributed by atoms with E-state index in [1.165, 1.54) is 12.1 Å². The van der Waals surface area contributed by atoms with Crippen LogP contribution in [0.1, 0.15) is 53.8 Å². The summed E-state index contributed by atoms with van der Waals surface area (Å²) in [6, 6.07) is 27.9. The van der Waals surface area contributed by atoms with Crippen LogP contribution in [0.2, 0.25) is 5.02 Å². The standard InChI is InChI=1S/C28H33ClN3O2P.C8H7NO2S/c1-19-4-5-24(18-30-14-16-31(17-15-30)21(3)33)28(34)32(19)27(23-8-12-26(35)13-9-23)20(2)22-6-10-25(29)11-7-22;1-12(10,11)8-4-2-3-7(5-8)6-9/h4-13,20,27H,14-18,35H2,1-3H3;2-5H,1H3. The number of carbonyl (C=O) groups excluding carboxylic acids is 1. The predicted octanol–water partition coefficient (Wildman–Crippen LogP) is 5.33. The molecule has 8 nitrogen and oxygen atoms in total. The summed E-state index contributed by atoms with van der Waals surface area (Å²) >= 11 is 6.15. The Hall–Kier alpha value is -3.80. The number of aromatic nitrogens is 1. The van der Waals surface area contributed by atoms with Crippen LogP contribution in [0.4, 0.5) is 0 Å². The summed E-state index contributed by atoms with van der Waals surface area (Å²) in [5, 5.41) is 10.3. The van der Waals surface area contributed by atoms with Gasteiger partial charge in [0.25, 0.3) is 5.56 Å². The summed E-state index contributed by atoms with van der Waals surface area (Å²) in [5.74, 6) is 0.159. The van der Waals surface area contributed by atoms with E-state index in [0.717, 1.165) is 47.0 Å². The van der Waals surface area contributed by atoms with Crippen LogP contribution in [0, 0.1) is 18.3 Å². The van der Waals surface area contributed by atoms with Crippen LogP contribution >= 0.6 is 20.8 Å². The first-order valence-electron chi connectivity index (χ1n) is 15.3. The fourth-order valence-electron chi connectivity index (χ4n) is 5.71. The molecule has 1 saturated heterocycles. The molecule has 0 aliphatic carbocycles. The Labute approximate surface area is 284 Å². The summed E-state index contributed by atoms with van der Waals surface area (Å²) in [5.41, 5.74) is 4.34. The second-order valence-electron chi connectivity index (χ2n) is 11.8. The van der Waals surface area contributed by atoms with E-state index in [9.17, 15) is 18.0 Å². The van der Waals surface area contributed by atoms with Gasteiger partial charge >= 0.3 is 0 Å². The number of sulfone groups is 1. The minimum Gasteiger partial charge on any atom is -0.340 e. The van der Waals surface area contributed by atoms with Gasteiger partial charge in [0.05, 0.1) is 22.6 Å². The maximum absolute atomic E-state index is 14.0. The Morgan fingerprint density at radius 3 is 2.15 bits per heavy atom. The lowest BCUT2D eigenvalue weighted by Crippen LogP contribution is -2.48. The molecule has 1 aromatic heterocycles. The highest BCUT2D eigenvalue weighted by atomic mass is 35.5. The fourth-order valence-corrected chi connectivity index (χ4v) is 6.70. The van der Waals surface area contributed by atoms with Gasteiger partial charge in [0.2, 0.25) is 5.91 Å². The maximum atomic E-state index is 14.0. The average molecular weight is 691 g/mol. The number of benzene rings is 3. The molecule has 0 N–H and O–H groups in total. The Kier molecular flexibility index (Phi) is 12.2. The third kappa shape index (κ3) is 9.39. The van der Waals surface area contributed by atoms with Crippen molar-refractivity contribution < 1.29 is 13.2 Å². The van der Waals surface area contributed by atoms with Gasteiger partial charge in [-0.15, -0.1) is 9.24 Å². The minimum atomic E-state index is -3.19. The highest BCUT2D eigenvalue weighted by Crippen LogP contribution is 2.34. The molecule has 1 aliphatic heterocycles. The molecule has 2 heterocycles. The van der Waals surface area contributed by atoms with E-state index in [-0.39, 0.29) is 28.3 Å². The molecule has 5 rings (SSSR count). The highest BCUT2D eigenvalue weighted by Gasteiger charge is 2.27. The lowest BCUT2D eigenvalue weighted by atomic mass is 9.87. The number of aryl methyl sites for hydroxylation is 1. The van der Waals surface area contributed by atoms with Crippen LogP contribution in [-0.4, -0.2) is 61.1 Å². The van der Waals surface area contributed by atoms with Gasteiger partial charge in [-0.25, -0.2) is 8.42 Å². The van der Waals surface area contributed by atoms with Crippen molar-refractivity contribution in [1.82, 2.24) is 14.4 Å². The zero-order valence-electron chi connectivity index (χ0n) is 27.1. The molecule has 1 aliphatic rings. The quantitative estimate of drug-likeness (QED) is 0.243. The zero-order chi connectivity index (χ0) is 34.3. The lowest BCUT2D eigenvalue weighted by Gasteiger charge is -2.34. The smallest absolute Gasteiger partial charge is 0.255 e. The van der Waals surface area contributed by atoms with E-state index in [1.807, 2.05) is 58.9 Å². The second-order valence-corrected chi connectivity index (χ2v) is 14.9. The number of nitriles is 1. The van der Waals surface area contributed by atoms with Crippen molar-refractivity contribution in [2.24, 2.45) is 0 Å². The van der Waals surface area contributed by atoms with Crippen LogP contribution in [0.25, 0.3) is 0 Å². The van der Waals surface area contributed by atoms with Crippen LogP contribution in [0.15, 0.2) is 94.6 Å². The van der Waals surface area contributed by atoms with Crippen molar-refractivity contribution in [3.05, 3.63) is 128 Å². The second kappa shape index (κ2) is 15.9. The molecular formula is C36H40ClN4O4PS. The molecule has 3 atom stereocenters. The number of hydrogen-bond donors (Lipinski definition) is 0. The van der Waals surface area contributed by atoms with Gasteiger partial charge < -0.3 is 9.47 Å². The van der Waals surface area contributed by atoms with Crippen LogP contribution < -0.4 is 10.9 Å². The monoisotopic (exact) mass is 690 g/mol. The van der Waals surface area contributed by atoms with Gasteiger partial charge in [0.1, 0.15) is 0 Å². The first-order valence-corrected chi connectivity index (χ1v) is 18.1. The van der Waals surface area contributed by atoms with Gasteiger partial charge in [0, 0.05) is 68.1 Å². The van der Waals surface area contributed by atoms with E-state index in [1.54, 1.807) is 19.1 Å². The molecule has 4 aromatic rings. The van der Waals surface area contributed by atoms with Crippen LogP contribution in [-0.2, 0) is 21.2 Å². The molecule has 0 spiro atoms. The van der Waals surface area contributed by atoms with Crippen LogP contribution in [0.3, 0.4) is 0 Å². The van der Waals surface area contributed by atoms with Gasteiger partial charge in [-0.05, 0) is 59.8 Å². The van der Waals surface area contributed by atoms with Gasteiger partial charge in [-0.2, -0.15) is 5.26 Å². The van der Waals surface area contributed by atoms with Gasteiger partial charge in [-0.3, -0.25) is 14.5 Å². The predicted molar refractivity (Wildman–Crippen MR) is 191 cm³/mol. The van der Waals surface area contributed by atoms with E-state index in [4.69, 9.17) is 16.9 Å². The molecule has 0 radical (unpaired) electrons. The Morgan fingerprint density at radius 1 is 0.957 bits per heavy atom. The lowest BCUT2D eigenvalue weighted by molar-refractivity contribution is -0.130. The van der Waals surface area contributed by atoms with E-state index < -0.39 is 9.84 Å². The first kappa shape index (κ1) is 36.0. The summed E-state index contributed by atoms with van der Waals surface area (Å²) < 4.78 is 23.9. The molecular weight excluding hydrogens is 651 g/mol. The molecule has 11 heteroatoms. The molecule has 3 aromatic carbocycles. The van der Waals surface area contributed by atoms with Crippen molar-refractivity contribution >= 4 is 41.9 Å².